The second-order valence-electron chi connectivity index (χ2n) is 5.06. The summed E-state index contributed by atoms with van der Waals surface area (Å²) in [6, 6.07) is 2.61. The van der Waals surface area contributed by atoms with Crippen LogP contribution in [0.3, 0.4) is 0 Å². The van der Waals surface area contributed by atoms with Gasteiger partial charge >= 0.3 is 5.69 Å². The molecule has 2 rings (SSSR count). The Bertz CT molecular complexity index is 646. The van der Waals surface area contributed by atoms with Gasteiger partial charge in [-0.1, -0.05) is 0 Å². The van der Waals surface area contributed by atoms with Crippen molar-refractivity contribution in [2.24, 2.45) is 5.10 Å². The summed E-state index contributed by atoms with van der Waals surface area (Å²) in [4.78, 5) is 10.2. The number of benzene rings is 1. The molecular weight excluding hydrogens is 336 g/mol. The van der Waals surface area contributed by atoms with Crippen LogP contribution in [-0.4, -0.2) is 47.7 Å². The maximum Gasteiger partial charge on any atom is 0.315 e. The van der Waals surface area contributed by atoms with Gasteiger partial charge in [0.2, 0.25) is 5.75 Å². The molecule has 0 amide bonds. The van der Waals surface area contributed by atoms with Gasteiger partial charge < -0.3 is 19.9 Å². The quantitative estimate of drug-likeness (QED) is 0.303. The second-order valence-corrected chi connectivity index (χ2v) is 5.47. The summed E-state index contributed by atoms with van der Waals surface area (Å²) in [6.45, 7) is 1.37. The molecule has 3 N–H and O–H groups in total. The fourth-order valence-corrected chi connectivity index (χ4v) is 2.34. The molecule has 0 spiro atoms. The SMILES string of the molecule is COc1cc(/C=N\NC(=S)NC[C@H]2CCCO2)cc([N+](=O)[O-])c1O. The van der Waals surface area contributed by atoms with Gasteiger partial charge in [-0.05, 0) is 31.1 Å². The number of hydrogen-bond acceptors (Lipinski definition) is 7. The molecule has 1 aromatic carbocycles. The third kappa shape index (κ3) is 4.77. The van der Waals surface area contributed by atoms with Crippen LogP contribution in [0.1, 0.15) is 18.4 Å². The molecule has 1 fully saturated rings. The summed E-state index contributed by atoms with van der Waals surface area (Å²) in [5.41, 5.74) is 2.53. The van der Waals surface area contributed by atoms with Crippen LogP contribution >= 0.6 is 12.2 Å². The number of thiocarbonyl (C=S) groups is 1. The molecule has 130 valence electrons. The maximum atomic E-state index is 10.9. The third-order valence-corrected chi connectivity index (χ3v) is 3.62. The number of aromatic hydroxyl groups is 1. The number of hydrazone groups is 1. The molecule has 0 saturated carbocycles. The number of nitrogens with one attached hydrogen (secondary N) is 2. The fraction of sp³-hybridized carbons (Fsp3) is 0.429. The van der Waals surface area contributed by atoms with Crippen molar-refractivity contribution < 1.29 is 19.5 Å². The molecule has 1 saturated heterocycles. The Morgan fingerprint density at radius 2 is 2.46 bits per heavy atom. The average molecular weight is 354 g/mol. The monoisotopic (exact) mass is 354 g/mol. The lowest BCUT2D eigenvalue weighted by Crippen LogP contribution is -2.37. The van der Waals surface area contributed by atoms with Crippen molar-refractivity contribution in [3.8, 4) is 11.5 Å². The zero-order valence-corrected chi connectivity index (χ0v) is 13.8. The van der Waals surface area contributed by atoms with Crippen molar-refractivity contribution in [1.82, 2.24) is 10.7 Å². The predicted molar refractivity (Wildman–Crippen MR) is 91.6 cm³/mol. The van der Waals surface area contributed by atoms with E-state index in [-0.39, 0.29) is 11.9 Å². The normalized spacial score (nSPS) is 17.0. The molecule has 1 aliphatic heterocycles. The lowest BCUT2D eigenvalue weighted by Gasteiger charge is -2.11. The van der Waals surface area contributed by atoms with E-state index in [4.69, 9.17) is 21.7 Å². The summed E-state index contributed by atoms with van der Waals surface area (Å²) in [6.07, 6.45) is 3.54. The number of nitro benzene ring substituents is 1. The molecular formula is C14H18N4O5S. The van der Waals surface area contributed by atoms with E-state index in [9.17, 15) is 15.2 Å². The van der Waals surface area contributed by atoms with Gasteiger partial charge in [0.05, 0.1) is 24.4 Å². The van der Waals surface area contributed by atoms with Crippen LogP contribution in [0.4, 0.5) is 5.69 Å². The first-order valence-corrected chi connectivity index (χ1v) is 7.66. The zero-order valence-electron chi connectivity index (χ0n) is 13.0. The minimum atomic E-state index is -0.698. The lowest BCUT2D eigenvalue weighted by atomic mass is 10.2. The smallest absolute Gasteiger partial charge is 0.315 e. The van der Waals surface area contributed by atoms with Gasteiger partial charge in [0.25, 0.3) is 0 Å². The largest absolute Gasteiger partial charge is 0.500 e. The fourth-order valence-electron chi connectivity index (χ4n) is 2.20. The van der Waals surface area contributed by atoms with Crippen molar-refractivity contribution >= 4 is 29.2 Å². The molecule has 1 aromatic rings. The summed E-state index contributed by atoms with van der Waals surface area (Å²) in [5.74, 6) is -0.536. The molecule has 1 heterocycles. The van der Waals surface area contributed by atoms with Crippen molar-refractivity contribution in [2.45, 2.75) is 18.9 Å². The van der Waals surface area contributed by atoms with E-state index in [2.05, 4.69) is 15.8 Å². The molecule has 9 nitrogen and oxygen atoms in total. The number of phenols is 1. The summed E-state index contributed by atoms with van der Waals surface area (Å²) < 4.78 is 10.4. The van der Waals surface area contributed by atoms with E-state index >= 15 is 0 Å². The summed E-state index contributed by atoms with van der Waals surface area (Å²) in [5, 5.41) is 27.8. The van der Waals surface area contributed by atoms with Gasteiger partial charge in [-0.2, -0.15) is 5.10 Å². The molecule has 24 heavy (non-hydrogen) atoms. The zero-order chi connectivity index (χ0) is 17.5. The number of phenolic OH excluding ortho intramolecular Hbond substituents is 1. The van der Waals surface area contributed by atoms with Gasteiger partial charge in [-0.25, -0.2) is 0 Å². The standard InChI is InChI=1S/C14H18N4O5S/c1-22-12-6-9(5-11(13(12)19)18(20)21)7-16-17-14(24)15-8-10-3-2-4-23-10/h5-7,10,19H,2-4,8H2,1H3,(H2,15,17,24)/b16-7-/t10-/m1/s1. The van der Waals surface area contributed by atoms with Crippen LogP contribution in [0.15, 0.2) is 17.2 Å². The number of nitrogens with zero attached hydrogens (tertiary/aromatic N) is 2. The van der Waals surface area contributed by atoms with E-state index in [1.807, 2.05) is 0 Å². The first-order valence-electron chi connectivity index (χ1n) is 7.25. The van der Waals surface area contributed by atoms with Gasteiger partial charge in [0, 0.05) is 24.8 Å². The maximum absolute atomic E-state index is 10.9. The highest BCUT2D eigenvalue weighted by atomic mass is 32.1. The van der Waals surface area contributed by atoms with Crippen molar-refractivity contribution in [1.29, 1.82) is 0 Å². The van der Waals surface area contributed by atoms with E-state index < -0.39 is 16.4 Å². The van der Waals surface area contributed by atoms with Crippen LogP contribution in [0.5, 0.6) is 11.5 Å². The number of hydrogen-bond donors (Lipinski definition) is 3. The third-order valence-electron chi connectivity index (χ3n) is 3.39. The minimum Gasteiger partial charge on any atom is -0.500 e. The van der Waals surface area contributed by atoms with Gasteiger partial charge in [-0.3, -0.25) is 15.5 Å². The predicted octanol–water partition coefficient (Wildman–Crippen LogP) is 1.29. The number of rotatable bonds is 6. The highest BCUT2D eigenvalue weighted by molar-refractivity contribution is 7.80. The molecule has 1 atom stereocenters. The molecule has 0 radical (unpaired) electrons. The van der Waals surface area contributed by atoms with E-state index in [1.165, 1.54) is 25.5 Å². The Balaban J connectivity index is 1.94. The number of ether oxygens (including phenoxy) is 2. The summed E-state index contributed by atoms with van der Waals surface area (Å²) in [7, 11) is 1.31. The molecule has 10 heteroatoms. The topological polar surface area (TPSA) is 118 Å². The highest BCUT2D eigenvalue weighted by Gasteiger charge is 2.19. The highest BCUT2D eigenvalue weighted by Crippen LogP contribution is 2.36. The molecule has 0 unspecified atom stereocenters. The van der Waals surface area contributed by atoms with Crippen LogP contribution in [0.2, 0.25) is 0 Å². The van der Waals surface area contributed by atoms with Crippen molar-refractivity contribution in [2.75, 3.05) is 20.3 Å². The number of methoxy groups -OCH3 is 1. The van der Waals surface area contributed by atoms with Crippen molar-refractivity contribution in [3.05, 3.63) is 27.8 Å². The Kier molecular flexibility index (Phi) is 6.27. The minimum absolute atomic E-state index is 0.00951. The lowest BCUT2D eigenvalue weighted by molar-refractivity contribution is -0.386. The summed E-state index contributed by atoms with van der Waals surface area (Å²) >= 11 is 5.08. The van der Waals surface area contributed by atoms with Crippen LogP contribution in [-0.2, 0) is 4.74 Å². The van der Waals surface area contributed by atoms with Crippen molar-refractivity contribution in [3.63, 3.8) is 0 Å². The Morgan fingerprint density at radius 1 is 1.67 bits per heavy atom. The first-order chi connectivity index (χ1) is 11.5. The first kappa shape index (κ1) is 17.9. The number of nitro groups is 1. The Morgan fingerprint density at radius 3 is 3.08 bits per heavy atom. The Labute approximate surface area is 143 Å². The average Bonchev–Trinajstić information content (AvgIpc) is 3.07. The molecule has 0 bridgehead atoms. The van der Waals surface area contributed by atoms with Crippen LogP contribution in [0.25, 0.3) is 0 Å². The van der Waals surface area contributed by atoms with Gasteiger partial charge in [0.15, 0.2) is 10.9 Å². The Hall–Kier alpha value is -2.46. The van der Waals surface area contributed by atoms with E-state index in [0.29, 0.717) is 17.2 Å². The molecule has 0 aromatic heterocycles. The van der Waals surface area contributed by atoms with Gasteiger partial charge in [-0.15, -0.1) is 0 Å². The van der Waals surface area contributed by atoms with E-state index in [0.717, 1.165) is 19.4 Å². The van der Waals surface area contributed by atoms with Crippen LogP contribution < -0.4 is 15.5 Å². The van der Waals surface area contributed by atoms with E-state index in [1.54, 1.807) is 0 Å². The second kappa shape index (κ2) is 8.41. The molecule has 0 aliphatic carbocycles. The molecule has 1 aliphatic rings. The van der Waals surface area contributed by atoms with Gasteiger partial charge in [0.1, 0.15) is 0 Å². The van der Waals surface area contributed by atoms with Crippen LogP contribution in [0, 0.1) is 10.1 Å².